The van der Waals surface area contributed by atoms with Crippen LogP contribution in [-0.2, 0) is 12.8 Å². The van der Waals surface area contributed by atoms with E-state index in [-0.39, 0.29) is 0 Å². The maximum atomic E-state index is 3.39. The summed E-state index contributed by atoms with van der Waals surface area (Å²) in [6, 6.07) is 19.5. The van der Waals surface area contributed by atoms with Crippen molar-refractivity contribution in [1.82, 2.24) is 14.8 Å². The Morgan fingerprint density at radius 2 is 1.42 bits per heavy atom. The van der Waals surface area contributed by atoms with Crippen LogP contribution in [0.2, 0.25) is 0 Å². The lowest BCUT2D eigenvalue weighted by Crippen LogP contribution is -2.47. The molecule has 1 saturated heterocycles. The number of aromatic nitrogens is 1. The van der Waals surface area contributed by atoms with Gasteiger partial charge in [0.2, 0.25) is 0 Å². The first-order valence-electron chi connectivity index (χ1n) is 9.92. The molecule has 0 amide bonds. The largest absolute Gasteiger partial charge is 0.361 e. The molecule has 1 aliphatic heterocycles. The zero-order valence-corrected chi connectivity index (χ0v) is 15.5. The van der Waals surface area contributed by atoms with E-state index in [0.29, 0.717) is 0 Å². The predicted molar refractivity (Wildman–Crippen MR) is 110 cm³/mol. The van der Waals surface area contributed by atoms with Crippen molar-refractivity contribution in [2.75, 3.05) is 39.3 Å². The molecule has 3 nitrogen and oxygen atoms in total. The summed E-state index contributed by atoms with van der Waals surface area (Å²) in [7, 11) is 0. The second-order valence-corrected chi connectivity index (χ2v) is 7.38. The number of piperazine rings is 1. The molecule has 0 unspecified atom stereocenters. The molecule has 0 aliphatic carbocycles. The summed E-state index contributed by atoms with van der Waals surface area (Å²) >= 11 is 0. The number of nitrogens with zero attached hydrogens (tertiary/aromatic N) is 2. The minimum Gasteiger partial charge on any atom is -0.361 e. The van der Waals surface area contributed by atoms with Crippen molar-refractivity contribution in [2.24, 2.45) is 0 Å². The molecule has 136 valence electrons. The van der Waals surface area contributed by atoms with Gasteiger partial charge in [-0.05, 0) is 43.0 Å². The molecule has 3 heteroatoms. The van der Waals surface area contributed by atoms with Gasteiger partial charge < -0.3 is 14.8 Å². The van der Waals surface area contributed by atoms with Crippen LogP contribution in [0.1, 0.15) is 17.5 Å². The summed E-state index contributed by atoms with van der Waals surface area (Å²) in [5.41, 5.74) is 4.17. The number of hydrogen-bond donors (Lipinski definition) is 1. The van der Waals surface area contributed by atoms with Crippen LogP contribution in [0.4, 0.5) is 0 Å². The van der Waals surface area contributed by atoms with E-state index in [1.54, 1.807) is 0 Å². The lowest BCUT2D eigenvalue weighted by Gasteiger charge is -2.34. The first kappa shape index (κ1) is 17.3. The standard InChI is InChI=1S/C23H29N3/c1-2-7-20(8-3-1)9-6-13-25-15-17-26(18-16-25)14-12-21-19-24-23-11-5-4-10-22(21)23/h1-5,7-8,10-11,19,24H,6,9,12-18H2. The number of rotatable bonds is 7. The van der Waals surface area contributed by atoms with Crippen molar-refractivity contribution in [1.29, 1.82) is 0 Å². The Balaban J connectivity index is 1.18. The van der Waals surface area contributed by atoms with Crippen LogP contribution in [-0.4, -0.2) is 54.1 Å². The monoisotopic (exact) mass is 347 g/mol. The molecular weight excluding hydrogens is 318 g/mol. The van der Waals surface area contributed by atoms with Crippen LogP contribution in [0.5, 0.6) is 0 Å². The van der Waals surface area contributed by atoms with Crippen molar-refractivity contribution in [2.45, 2.75) is 19.3 Å². The first-order chi connectivity index (χ1) is 12.9. The second-order valence-electron chi connectivity index (χ2n) is 7.38. The van der Waals surface area contributed by atoms with Crippen molar-refractivity contribution < 1.29 is 0 Å². The summed E-state index contributed by atoms with van der Waals surface area (Å²) in [5, 5.41) is 1.38. The van der Waals surface area contributed by atoms with Gasteiger partial charge in [-0.15, -0.1) is 0 Å². The van der Waals surface area contributed by atoms with E-state index in [4.69, 9.17) is 0 Å². The number of aromatic amines is 1. The van der Waals surface area contributed by atoms with Gasteiger partial charge in [-0.1, -0.05) is 48.5 Å². The van der Waals surface area contributed by atoms with Crippen LogP contribution in [0.25, 0.3) is 10.9 Å². The average Bonchev–Trinajstić information content (AvgIpc) is 3.11. The quantitative estimate of drug-likeness (QED) is 0.699. The van der Waals surface area contributed by atoms with Gasteiger partial charge in [-0.3, -0.25) is 0 Å². The number of aryl methyl sites for hydroxylation is 1. The maximum Gasteiger partial charge on any atom is 0.0456 e. The Labute approximate surface area is 156 Å². The van der Waals surface area contributed by atoms with E-state index < -0.39 is 0 Å². The Bertz CT molecular complexity index is 800. The van der Waals surface area contributed by atoms with Crippen molar-refractivity contribution >= 4 is 10.9 Å². The predicted octanol–water partition coefficient (Wildman–Crippen LogP) is 3.96. The van der Waals surface area contributed by atoms with Gasteiger partial charge in [0.1, 0.15) is 0 Å². The lowest BCUT2D eigenvalue weighted by molar-refractivity contribution is 0.132. The molecular formula is C23H29N3. The Morgan fingerprint density at radius 1 is 0.731 bits per heavy atom. The Kier molecular flexibility index (Phi) is 5.68. The van der Waals surface area contributed by atoms with Gasteiger partial charge in [-0.25, -0.2) is 0 Å². The first-order valence-corrected chi connectivity index (χ1v) is 9.92. The molecule has 3 aromatic rings. The third-order valence-corrected chi connectivity index (χ3v) is 5.62. The van der Waals surface area contributed by atoms with E-state index in [1.165, 1.54) is 74.1 Å². The number of H-pyrrole nitrogens is 1. The molecule has 0 radical (unpaired) electrons. The van der Waals surface area contributed by atoms with Crippen LogP contribution in [0, 0.1) is 0 Å². The number of nitrogens with one attached hydrogen (secondary N) is 1. The normalized spacial score (nSPS) is 16.3. The molecule has 1 aromatic heterocycles. The van der Waals surface area contributed by atoms with Gasteiger partial charge in [0.05, 0.1) is 0 Å². The summed E-state index contributed by atoms with van der Waals surface area (Å²) in [4.78, 5) is 8.64. The molecule has 1 aliphatic rings. The zero-order chi connectivity index (χ0) is 17.6. The summed E-state index contributed by atoms with van der Waals surface area (Å²) in [5.74, 6) is 0. The lowest BCUT2D eigenvalue weighted by atomic mass is 10.1. The maximum absolute atomic E-state index is 3.39. The van der Waals surface area contributed by atoms with Crippen LogP contribution >= 0.6 is 0 Å². The fourth-order valence-corrected chi connectivity index (χ4v) is 4.00. The fourth-order valence-electron chi connectivity index (χ4n) is 4.00. The highest BCUT2D eigenvalue weighted by Crippen LogP contribution is 2.18. The van der Waals surface area contributed by atoms with E-state index in [2.05, 4.69) is 75.6 Å². The zero-order valence-electron chi connectivity index (χ0n) is 15.5. The minimum atomic E-state index is 1.14. The SMILES string of the molecule is c1ccc(CCCN2CCN(CCc3c[nH]c4ccccc34)CC2)cc1. The molecule has 0 saturated carbocycles. The molecule has 26 heavy (non-hydrogen) atoms. The average molecular weight is 348 g/mol. The highest BCUT2D eigenvalue weighted by Gasteiger charge is 2.16. The van der Waals surface area contributed by atoms with Gasteiger partial charge in [-0.2, -0.15) is 0 Å². The van der Waals surface area contributed by atoms with Crippen molar-refractivity contribution in [3.63, 3.8) is 0 Å². The number of hydrogen-bond acceptors (Lipinski definition) is 2. The third-order valence-electron chi connectivity index (χ3n) is 5.62. The summed E-state index contributed by atoms with van der Waals surface area (Å²) < 4.78 is 0. The van der Waals surface area contributed by atoms with Crippen molar-refractivity contribution in [3.05, 3.63) is 71.9 Å². The number of benzene rings is 2. The highest BCUT2D eigenvalue weighted by atomic mass is 15.3. The Morgan fingerprint density at radius 3 is 2.23 bits per heavy atom. The topological polar surface area (TPSA) is 22.3 Å². The highest BCUT2D eigenvalue weighted by molar-refractivity contribution is 5.83. The summed E-state index contributed by atoms with van der Waals surface area (Å²) in [6.45, 7) is 7.22. The van der Waals surface area contributed by atoms with Gasteiger partial charge >= 0.3 is 0 Å². The molecule has 2 aromatic carbocycles. The molecule has 4 rings (SSSR count). The molecule has 1 fully saturated rings. The van der Waals surface area contributed by atoms with E-state index in [0.717, 1.165) is 6.42 Å². The van der Waals surface area contributed by atoms with Crippen LogP contribution < -0.4 is 0 Å². The van der Waals surface area contributed by atoms with E-state index >= 15 is 0 Å². The van der Waals surface area contributed by atoms with Gasteiger partial charge in [0, 0.05) is 49.8 Å². The number of para-hydroxylation sites is 1. The Hall–Kier alpha value is -2.10. The number of fused-ring (bicyclic) bond motifs is 1. The smallest absolute Gasteiger partial charge is 0.0456 e. The molecule has 1 N–H and O–H groups in total. The van der Waals surface area contributed by atoms with Crippen LogP contribution in [0.15, 0.2) is 60.8 Å². The second kappa shape index (κ2) is 8.52. The third kappa shape index (κ3) is 4.35. The minimum absolute atomic E-state index is 1.14. The molecule has 0 spiro atoms. The van der Waals surface area contributed by atoms with Gasteiger partial charge in [0.25, 0.3) is 0 Å². The van der Waals surface area contributed by atoms with Gasteiger partial charge in [0.15, 0.2) is 0 Å². The van der Waals surface area contributed by atoms with Crippen LogP contribution in [0.3, 0.4) is 0 Å². The molecule has 0 atom stereocenters. The van der Waals surface area contributed by atoms with E-state index in [1.807, 2.05) is 0 Å². The molecule has 0 bridgehead atoms. The van der Waals surface area contributed by atoms with Crippen molar-refractivity contribution in [3.8, 4) is 0 Å². The van der Waals surface area contributed by atoms with E-state index in [9.17, 15) is 0 Å². The fraction of sp³-hybridized carbons (Fsp3) is 0.391. The summed E-state index contributed by atoms with van der Waals surface area (Å²) in [6.07, 6.45) is 5.78. The molecule has 2 heterocycles.